The van der Waals surface area contributed by atoms with Crippen LogP contribution in [-0.2, 0) is 0 Å². The van der Waals surface area contributed by atoms with E-state index in [9.17, 15) is 5.26 Å². The summed E-state index contributed by atoms with van der Waals surface area (Å²) in [5.41, 5.74) is 3.87. The second-order valence-electron chi connectivity index (χ2n) is 7.00. The number of fused-ring (bicyclic) bond motifs is 3. The average molecular weight is 360 g/mol. The fourth-order valence-electron chi connectivity index (χ4n) is 3.31. The molecule has 0 bridgehead atoms. The van der Waals surface area contributed by atoms with Crippen molar-refractivity contribution in [2.75, 3.05) is 5.32 Å². The first kappa shape index (κ1) is 17.0. The Bertz CT molecular complexity index is 1180. The van der Waals surface area contributed by atoms with Gasteiger partial charge in [0.25, 0.3) is 0 Å². The van der Waals surface area contributed by atoms with Crippen molar-refractivity contribution in [3.8, 4) is 6.07 Å². The number of anilines is 1. The van der Waals surface area contributed by atoms with Gasteiger partial charge in [0.2, 0.25) is 5.89 Å². The van der Waals surface area contributed by atoms with Crippen molar-refractivity contribution in [3.63, 3.8) is 0 Å². The van der Waals surface area contributed by atoms with Gasteiger partial charge in [-0.2, -0.15) is 10.2 Å². The summed E-state index contributed by atoms with van der Waals surface area (Å²) < 4.78 is 7.40. The van der Waals surface area contributed by atoms with Gasteiger partial charge in [-0.05, 0) is 43.5 Å². The fraction of sp³-hybridized carbons (Fsp3) is 0.300. The van der Waals surface area contributed by atoms with Crippen LogP contribution in [0, 0.1) is 31.1 Å². The largest absolute Gasteiger partial charge is 0.359 e. The van der Waals surface area contributed by atoms with Gasteiger partial charge >= 0.3 is 0 Å². The number of pyridine rings is 1. The number of aromatic nitrogens is 4. The molecular weight excluding hydrogens is 340 g/mol. The number of aryl methyl sites for hydroxylation is 2. The van der Waals surface area contributed by atoms with E-state index in [1.165, 1.54) is 0 Å². The van der Waals surface area contributed by atoms with Gasteiger partial charge in [0.15, 0.2) is 11.5 Å². The van der Waals surface area contributed by atoms with Crippen LogP contribution in [0.25, 0.3) is 16.7 Å². The van der Waals surface area contributed by atoms with Crippen LogP contribution in [-0.4, -0.2) is 19.5 Å². The Kier molecular flexibility index (Phi) is 4.04. The van der Waals surface area contributed by atoms with E-state index in [2.05, 4.69) is 40.4 Å². The lowest BCUT2D eigenvalue weighted by atomic mass is 10.0. The van der Waals surface area contributed by atoms with Gasteiger partial charge in [-0.25, -0.2) is 4.98 Å². The summed E-state index contributed by atoms with van der Waals surface area (Å²) in [6.45, 7) is 7.91. The van der Waals surface area contributed by atoms with Crippen molar-refractivity contribution in [3.05, 3.63) is 53.2 Å². The highest BCUT2D eigenvalue weighted by atomic mass is 16.5. The molecule has 0 radical (unpaired) electrons. The monoisotopic (exact) mass is 360 g/mol. The zero-order valence-corrected chi connectivity index (χ0v) is 15.7. The maximum absolute atomic E-state index is 9.63. The minimum Gasteiger partial charge on any atom is -0.359 e. The normalized spacial score (nSPS) is 12.6. The molecule has 0 aliphatic rings. The predicted octanol–water partition coefficient (Wildman–Crippen LogP) is 4.17. The van der Waals surface area contributed by atoms with Crippen molar-refractivity contribution in [1.82, 2.24) is 19.5 Å². The first-order chi connectivity index (χ1) is 13.0. The molecule has 0 fully saturated rings. The molecule has 0 amide bonds. The lowest BCUT2D eigenvalue weighted by Crippen LogP contribution is -2.19. The fourth-order valence-corrected chi connectivity index (χ4v) is 3.31. The standard InChI is InChI=1S/C20H20N6O/c1-11(2)18(20-22-13(4)25-27-20)24-17-9-12(3)14(10-21)19-23-15-7-5-6-8-16(15)26(17)19/h5-9,11,18,24H,1-4H3. The molecule has 0 saturated heterocycles. The molecule has 7 nitrogen and oxygen atoms in total. The van der Waals surface area contributed by atoms with Crippen molar-refractivity contribution in [2.45, 2.75) is 33.7 Å². The SMILES string of the molecule is Cc1noc(C(Nc2cc(C)c(C#N)c3nc4ccccc4n23)C(C)C)n1. The van der Waals surface area contributed by atoms with E-state index in [1.807, 2.05) is 41.7 Å². The van der Waals surface area contributed by atoms with Gasteiger partial charge < -0.3 is 9.84 Å². The number of hydrogen-bond donors (Lipinski definition) is 1. The van der Waals surface area contributed by atoms with Crippen LogP contribution in [0.1, 0.15) is 42.7 Å². The average Bonchev–Trinajstić information content (AvgIpc) is 3.23. The Balaban J connectivity index is 1.94. The third-order valence-electron chi connectivity index (χ3n) is 4.66. The summed E-state index contributed by atoms with van der Waals surface area (Å²) in [4.78, 5) is 9.08. The third-order valence-corrected chi connectivity index (χ3v) is 4.66. The lowest BCUT2D eigenvalue weighted by molar-refractivity contribution is 0.333. The quantitative estimate of drug-likeness (QED) is 0.587. The summed E-state index contributed by atoms with van der Waals surface area (Å²) in [5, 5.41) is 17.1. The van der Waals surface area contributed by atoms with Crippen LogP contribution in [0.15, 0.2) is 34.9 Å². The Labute approximate surface area is 156 Å². The van der Waals surface area contributed by atoms with Crippen LogP contribution in [0.3, 0.4) is 0 Å². The van der Waals surface area contributed by atoms with E-state index in [-0.39, 0.29) is 12.0 Å². The van der Waals surface area contributed by atoms with Crippen LogP contribution in [0.4, 0.5) is 5.82 Å². The molecule has 0 aliphatic carbocycles. The van der Waals surface area contributed by atoms with Gasteiger partial charge in [-0.1, -0.05) is 31.1 Å². The molecule has 136 valence electrons. The Hall–Kier alpha value is -3.40. The van der Waals surface area contributed by atoms with Crippen molar-refractivity contribution < 1.29 is 4.52 Å². The minimum atomic E-state index is -0.164. The maximum atomic E-state index is 9.63. The van der Waals surface area contributed by atoms with E-state index in [0.717, 1.165) is 22.4 Å². The highest BCUT2D eigenvalue weighted by Gasteiger charge is 2.24. The second kappa shape index (κ2) is 6.40. The van der Waals surface area contributed by atoms with Gasteiger partial charge in [-0.15, -0.1) is 0 Å². The lowest BCUT2D eigenvalue weighted by Gasteiger charge is -2.21. The minimum absolute atomic E-state index is 0.164. The Morgan fingerprint density at radius 3 is 2.63 bits per heavy atom. The summed E-state index contributed by atoms with van der Waals surface area (Å²) in [6, 6.07) is 11.9. The molecule has 3 aromatic heterocycles. The highest BCUT2D eigenvalue weighted by Crippen LogP contribution is 2.31. The van der Waals surface area contributed by atoms with Gasteiger partial charge in [-0.3, -0.25) is 4.40 Å². The number of rotatable bonds is 4. The van der Waals surface area contributed by atoms with E-state index >= 15 is 0 Å². The topological polar surface area (TPSA) is 92.0 Å². The first-order valence-electron chi connectivity index (χ1n) is 8.87. The molecule has 1 unspecified atom stereocenters. The molecule has 0 aliphatic heterocycles. The molecule has 0 spiro atoms. The molecule has 7 heteroatoms. The molecule has 4 aromatic rings. The number of imidazole rings is 1. The maximum Gasteiger partial charge on any atom is 0.249 e. The van der Waals surface area contributed by atoms with E-state index in [1.54, 1.807) is 6.92 Å². The van der Waals surface area contributed by atoms with E-state index in [4.69, 9.17) is 4.52 Å². The molecule has 4 rings (SSSR count). The summed E-state index contributed by atoms with van der Waals surface area (Å²) >= 11 is 0. The molecule has 0 saturated carbocycles. The zero-order valence-electron chi connectivity index (χ0n) is 15.7. The number of nitriles is 1. The van der Waals surface area contributed by atoms with Gasteiger partial charge in [0.1, 0.15) is 17.9 Å². The zero-order chi connectivity index (χ0) is 19.1. The number of nitrogens with zero attached hydrogens (tertiary/aromatic N) is 5. The first-order valence-corrected chi connectivity index (χ1v) is 8.87. The van der Waals surface area contributed by atoms with E-state index in [0.29, 0.717) is 22.9 Å². The van der Waals surface area contributed by atoms with Gasteiger partial charge in [0.05, 0.1) is 16.6 Å². The smallest absolute Gasteiger partial charge is 0.249 e. The summed E-state index contributed by atoms with van der Waals surface area (Å²) in [5.74, 6) is 2.20. The molecular formula is C20H20N6O. The van der Waals surface area contributed by atoms with Crippen molar-refractivity contribution in [2.24, 2.45) is 5.92 Å². The molecule has 1 aromatic carbocycles. The number of benzene rings is 1. The van der Waals surface area contributed by atoms with E-state index < -0.39 is 0 Å². The van der Waals surface area contributed by atoms with Crippen molar-refractivity contribution in [1.29, 1.82) is 5.26 Å². The van der Waals surface area contributed by atoms with Gasteiger partial charge in [0, 0.05) is 0 Å². The van der Waals surface area contributed by atoms with Crippen LogP contribution >= 0.6 is 0 Å². The second-order valence-corrected chi connectivity index (χ2v) is 7.00. The van der Waals surface area contributed by atoms with Crippen LogP contribution in [0.2, 0.25) is 0 Å². The predicted molar refractivity (Wildman–Crippen MR) is 102 cm³/mol. The van der Waals surface area contributed by atoms with Crippen LogP contribution < -0.4 is 5.32 Å². The molecule has 3 heterocycles. The van der Waals surface area contributed by atoms with Crippen molar-refractivity contribution >= 4 is 22.5 Å². The summed E-state index contributed by atoms with van der Waals surface area (Å²) in [6.07, 6.45) is 0. The summed E-state index contributed by atoms with van der Waals surface area (Å²) in [7, 11) is 0. The number of para-hydroxylation sites is 2. The number of hydrogen-bond acceptors (Lipinski definition) is 6. The van der Waals surface area contributed by atoms with Crippen LogP contribution in [0.5, 0.6) is 0 Å². The highest BCUT2D eigenvalue weighted by molar-refractivity contribution is 5.85. The molecule has 1 atom stereocenters. The molecule has 27 heavy (non-hydrogen) atoms. The Morgan fingerprint density at radius 2 is 1.96 bits per heavy atom. The molecule has 1 N–H and O–H groups in total. The number of nitrogens with one attached hydrogen (secondary N) is 1. The Morgan fingerprint density at radius 1 is 1.19 bits per heavy atom. The third kappa shape index (κ3) is 2.79.